The van der Waals surface area contributed by atoms with Crippen LogP contribution in [0.2, 0.25) is 0 Å². The van der Waals surface area contributed by atoms with Crippen LogP contribution in [-0.2, 0) is 11.3 Å². The van der Waals surface area contributed by atoms with Crippen molar-refractivity contribution < 1.29 is 4.79 Å². The van der Waals surface area contributed by atoms with E-state index in [2.05, 4.69) is 10.3 Å². The lowest BCUT2D eigenvalue weighted by atomic mass is 10.3. The predicted molar refractivity (Wildman–Crippen MR) is 81.7 cm³/mol. The average molecular weight is 309 g/mol. The second-order valence-electron chi connectivity index (χ2n) is 5.00. The summed E-state index contributed by atoms with van der Waals surface area (Å²) in [7, 11) is 0. The van der Waals surface area contributed by atoms with Crippen molar-refractivity contribution in [3.8, 4) is 0 Å². The smallest absolute Gasteiger partial charge is 0.263 e. The molecule has 0 aliphatic heterocycles. The second kappa shape index (κ2) is 5.49. The number of aromatic nitrogens is 2. The molecule has 3 rings (SSSR count). The summed E-state index contributed by atoms with van der Waals surface area (Å²) in [5, 5.41) is 5.46. The number of hydrogen-bond donors (Lipinski definition) is 2. The normalized spacial score (nSPS) is 14.6. The van der Waals surface area contributed by atoms with Gasteiger partial charge in [-0.3, -0.25) is 14.2 Å². The molecule has 1 fully saturated rings. The fourth-order valence-corrected chi connectivity index (χ4v) is 3.22. The number of nitrogens with one attached hydrogen (secondary N) is 2. The highest BCUT2D eigenvalue weighted by atomic mass is 32.1. The van der Waals surface area contributed by atoms with E-state index in [0.717, 1.165) is 17.7 Å². The first-order chi connectivity index (χ1) is 9.65. The van der Waals surface area contributed by atoms with E-state index in [9.17, 15) is 9.59 Å². The highest BCUT2D eigenvalue weighted by Crippen LogP contribution is 2.18. The highest BCUT2D eigenvalue weighted by Gasteiger charge is 2.22. The van der Waals surface area contributed by atoms with Crippen LogP contribution in [0.15, 0.2) is 16.2 Å². The number of carbonyl (C=O) groups is 1. The van der Waals surface area contributed by atoms with Crippen molar-refractivity contribution in [3.05, 3.63) is 26.6 Å². The van der Waals surface area contributed by atoms with Crippen molar-refractivity contribution in [2.45, 2.75) is 38.3 Å². The highest BCUT2D eigenvalue weighted by molar-refractivity contribution is 7.71. The van der Waals surface area contributed by atoms with Gasteiger partial charge in [0, 0.05) is 19.0 Å². The Morgan fingerprint density at radius 1 is 1.55 bits per heavy atom. The summed E-state index contributed by atoms with van der Waals surface area (Å²) in [6, 6.07) is 2.18. The molecule has 1 amide bonds. The molecule has 0 spiro atoms. The lowest BCUT2D eigenvalue weighted by molar-refractivity contribution is -0.121. The number of fused-ring (bicyclic) bond motifs is 1. The van der Waals surface area contributed by atoms with Crippen LogP contribution < -0.4 is 10.9 Å². The van der Waals surface area contributed by atoms with Crippen molar-refractivity contribution in [1.29, 1.82) is 0 Å². The molecule has 2 N–H and O–H groups in total. The molecule has 0 unspecified atom stereocenters. The maximum atomic E-state index is 12.3. The minimum atomic E-state index is -0.0763. The molecule has 0 bridgehead atoms. The number of hydrogen-bond acceptors (Lipinski definition) is 4. The van der Waals surface area contributed by atoms with Crippen LogP contribution in [0.25, 0.3) is 10.2 Å². The minimum Gasteiger partial charge on any atom is -0.353 e. The second-order valence-corrected chi connectivity index (χ2v) is 6.30. The third-order valence-electron chi connectivity index (χ3n) is 3.33. The Morgan fingerprint density at radius 3 is 3.10 bits per heavy atom. The van der Waals surface area contributed by atoms with Gasteiger partial charge >= 0.3 is 0 Å². The van der Waals surface area contributed by atoms with E-state index in [1.165, 1.54) is 15.9 Å². The average Bonchev–Trinajstić information content (AvgIpc) is 3.08. The molecule has 2 aromatic heterocycles. The third-order valence-corrected chi connectivity index (χ3v) is 4.49. The molecule has 1 aliphatic rings. The van der Waals surface area contributed by atoms with Gasteiger partial charge in [-0.15, -0.1) is 11.3 Å². The molecule has 7 heteroatoms. The van der Waals surface area contributed by atoms with Crippen LogP contribution in [0.3, 0.4) is 0 Å². The first kappa shape index (κ1) is 13.5. The van der Waals surface area contributed by atoms with Gasteiger partial charge in [-0.1, -0.05) is 0 Å². The van der Waals surface area contributed by atoms with Gasteiger partial charge in [0.05, 0.1) is 5.39 Å². The molecule has 20 heavy (non-hydrogen) atoms. The molecule has 106 valence electrons. The maximum absolute atomic E-state index is 12.3. The molecular weight excluding hydrogens is 294 g/mol. The van der Waals surface area contributed by atoms with Gasteiger partial charge in [0.1, 0.15) is 4.83 Å². The first-order valence-corrected chi connectivity index (χ1v) is 7.93. The Hall–Kier alpha value is -1.47. The molecule has 0 atom stereocenters. The lowest BCUT2D eigenvalue weighted by Gasteiger charge is -2.06. The van der Waals surface area contributed by atoms with Crippen molar-refractivity contribution in [2.24, 2.45) is 0 Å². The predicted octanol–water partition coefficient (Wildman–Crippen LogP) is 2.18. The molecular formula is C13H15N3O2S2. The van der Waals surface area contributed by atoms with Crippen molar-refractivity contribution in [1.82, 2.24) is 14.9 Å². The van der Waals surface area contributed by atoms with Crippen molar-refractivity contribution in [3.63, 3.8) is 0 Å². The van der Waals surface area contributed by atoms with E-state index in [1.54, 1.807) is 6.07 Å². The van der Waals surface area contributed by atoms with E-state index in [-0.39, 0.29) is 11.5 Å². The Balaban J connectivity index is 1.69. The van der Waals surface area contributed by atoms with Crippen LogP contribution in [0.1, 0.15) is 25.7 Å². The van der Waals surface area contributed by atoms with Crippen LogP contribution >= 0.6 is 23.6 Å². The molecule has 1 aliphatic carbocycles. The van der Waals surface area contributed by atoms with Gasteiger partial charge in [0.25, 0.3) is 5.56 Å². The zero-order valence-electron chi connectivity index (χ0n) is 10.8. The van der Waals surface area contributed by atoms with Gasteiger partial charge in [-0.05, 0) is 42.9 Å². The van der Waals surface area contributed by atoms with Gasteiger partial charge in [-0.2, -0.15) is 0 Å². The number of nitrogens with zero attached hydrogens (tertiary/aromatic N) is 1. The molecule has 5 nitrogen and oxygen atoms in total. The number of amides is 1. The topological polar surface area (TPSA) is 66.9 Å². The van der Waals surface area contributed by atoms with Crippen molar-refractivity contribution >= 4 is 39.7 Å². The number of aromatic amines is 1. The Morgan fingerprint density at radius 2 is 2.35 bits per heavy atom. The van der Waals surface area contributed by atoms with E-state index in [4.69, 9.17) is 12.2 Å². The zero-order chi connectivity index (χ0) is 14.1. The Bertz CT molecular complexity index is 755. The minimum absolute atomic E-state index is 0.0621. The van der Waals surface area contributed by atoms with Crippen LogP contribution in [-0.4, -0.2) is 21.5 Å². The first-order valence-electron chi connectivity index (χ1n) is 6.65. The van der Waals surface area contributed by atoms with E-state index < -0.39 is 0 Å². The van der Waals surface area contributed by atoms with E-state index in [0.29, 0.717) is 35.6 Å². The third kappa shape index (κ3) is 2.83. The van der Waals surface area contributed by atoms with Crippen LogP contribution in [0, 0.1) is 4.77 Å². The number of rotatable bonds is 5. The molecule has 2 aromatic rings. The largest absolute Gasteiger partial charge is 0.353 e. The van der Waals surface area contributed by atoms with Gasteiger partial charge < -0.3 is 10.3 Å². The van der Waals surface area contributed by atoms with Crippen molar-refractivity contribution in [2.75, 3.05) is 0 Å². The fourth-order valence-electron chi connectivity index (χ4n) is 2.11. The fraction of sp³-hybridized carbons (Fsp3) is 0.462. The van der Waals surface area contributed by atoms with E-state index >= 15 is 0 Å². The zero-order valence-corrected chi connectivity index (χ0v) is 12.5. The quantitative estimate of drug-likeness (QED) is 0.832. The molecule has 2 heterocycles. The number of H-pyrrole nitrogens is 1. The van der Waals surface area contributed by atoms with Gasteiger partial charge in [0.15, 0.2) is 4.77 Å². The lowest BCUT2D eigenvalue weighted by Crippen LogP contribution is -2.26. The maximum Gasteiger partial charge on any atom is 0.263 e. The number of thiophene rings is 1. The summed E-state index contributed by atoms with van der Waals surface area (Å²) in [4.78, 5) is 27.7. The monoisotopic (exact) mass is 309 g/mol. The standard InChI is InChI=1S/C13H15N3O2S2/c17-10(14-8-3-4-8)2-1-6-16-12(18)9-5-7-20-11(9)15-13(16)19/h5,7-8H,1-4,6H2,(H,14,17)(H,15,19). The SMILES string of the molecule is O=C(CCCn1c(=S)[nH]c2sccc2c1=O)NC1CC1. The summed E-state index contributed by atoms with van der Waals surface area (Å²) in [6.45, 7) is 0.470. The van der Waals surface area contributed by atoms with E-state index in [1.807, 2.05) is 5.38 Å². The van der Waals surface area contributed by atoms with Crippen LogP contribution in [0.5, 0.6) is 0 Å². The molecule has 1 saturated carbocycles. The Labute approximate surface area is 124 Å². The van der Waals surface area contributed by atoms with Gasteiger partial charge in [0.2, 0.25) is 5.91 Å². The summed E-state index contributed by atoms with van der Waals surface area (Å²) in [6.07, 6.45) is 3.22. The summed E-state index contributed by atoms with van der Waals surface area (Å²) >= 11 is 6.67. The summed E-state index contributed by atoms with van der Waals surface area (Å²) < 4.78 is 1.96. The molecule has 0 radical (unpaired) electrons. The summed E-state index contributed by atoms with van der Waals surface area (Å²) in [5.41, 5.74) is -0.0763. The summed E-state index contributed by atoms with van der Waals surface area (Å²) in [5.74, 6) is 0.0621. The number of carbonyl (C=O) groups excluding carboxylic acids is 1. The van der Waals surface area contributed by atoms with Crippen LogP contribution in [0.4, 0.5) is 0 Å². The molecule has 0 saturated heterocycles. The van der Waals surface area contributed by atoms with Gasteiger partial charge in [-0.25, -0.2) is 0 Å². The molecule has 0 aromatic carbocycles. The Kier molecular flexibility index (Phi) is 3.71.